The maximum absolute atomic E-state index is 12.1. The number of hydrogen-bond acceptors (Lipinski definition) is 6. The van der Waals surface area contributed by atoms with Crippen LogP contribution in [0.25, 0.3) is 0 Å². The van der Waals surface area contributed by atoms with Gasteiger partial charge in [0.1, 0.15) is 5.00 Å². The van der Waals surface area contributed by atoms with Crippen LogP contribution in [0.3, 0.4) is 0 Å². The Kier molecular flexibility index (Phi) is 3.55. The highest BCUT2D eigenvalue weighted by Crippen LogP contribution is 2.42. The van der Waals surface area contributed by atoms with Gasteiger partial charge in [-0.05, 0) is 31.2 Å². The van der Waals surface area contributed by atoms with Gasteiger partial charge in [-0.2, -0.15) is 0 Å². The Morgan fingerprint density at radius 1 is 1.35 bits per heavy atom. The molecule has 0 atom stereocenters. The number of methoxy groups -OCH3 is 1. The summed E-state index contributed by atoms with van der Waals surface area (Å²) in [5, 5.41) is 8.67. The third-order valence-corrected chi connectivity index (χ3v) is 5.65. The van der Waals surface area contributed by atoms with Gasteiger partial charge in [-0.25, -0.2) is 9.69 Å². The van der Waals surface area contributed by atoms with Crippen LogP contribution in [0, 0.1) is 5.41 Å². The summed E-state index contributed by atoms with van der Waals surface area (Å²) < 4.78 is 4.88. The number of anilines is 1. The average Bonchev–Trinajstić information content (AvgIpc) is 2.98. The molecule has 2 aliphatic rings. The van der Waals surface area contributed by atoms with Crippen LogP contribution in [0.15, 0.2) is 0 Å². The number of carbonyl (C=O) groups excluding carboxylic acids is 2. The first-order chi connectivity index (χ1) is 9.63. The smallest absolute Gasteiger partial charge is 0.341 e. The Hall–Kier alpha value is -1.34. The minimum Gasteiger partial charge on any atom is -0.465 e. The molecule has 0 unspecified atom stereocenters. The second kappa shape index (κ2) is 5.21. The monoisotopic (exact) mass is 310 g/mol. The quantitative estimate of drug-likeness (QED) is 0.852. The fourth-order valence-electron chi connectivity index (χ4n) is 2.60. The van der Waals surface area contributed by atoms with Crippen molar-refractivity contribution in [2.45, 2.75) is 25.7 Å². The molecule has 1 amide bonds. The van der Waals surface area contributed by atoms with E-state index < -0.39 is 5.97 Å². The molecule has 1 aliphatic carbocycles. The zero-order valence-corrected chi connectivity index (χ0v) is 12.7. The molecule has 20 heavy (non-hydrogen) atoms. The summed E-state index contributed by atoms with van der Waals surface area (Å²) in [6.07, 6.45) is 3.94. The van der Waals surface area contributed by atoms with Gasteiger partial charge in [0.25, 0.3) is 0 Å². The van der Waals surface area contributed by atoms with Crippen molar-refractivity contribution in [1.29, 1.82) is 5.41 Å². The van der Waals surface area contributed by atoms with Crippen molar-refractivity contribution in [2.75, 3.05) is 17.8 Å². The molecular formula is C13H14N2O3S2. The first-order valence-electron chi connectivity index (χ1n) is 6.40. The Labute approximate surface area is 124 Å². The molecule has 1 fully saturated rings. The molecular weight excluding hydrogens is 296 g/mol. The van der Waals surface area contributed by atoms with E-state index in [4.69, 9.17) is 10.1 Å². The highest BCUT2D eigenvalue weighted by atomic mass is 32.2. The van der Waals surface area contributed by atoms with Gasteiger partial charge in [0.15, 0.2) is 5.17 Å². The fraction of sp³-hybridized carbons (Fsp3) is 0.462. The zero-order chi connectivity index (χ0) is 14.3. The van der Waals surface area contributed by atoms with Crippen molar-refractivity contribution in [1.82, 2.24) is 0 Å². The topological polar surface area (TPSA) is 70.5 Å². The van der Waals surface area contributed by atoms with Crippen LogP contribution >= 0.6 is 23.1 Å². The second-order valence-corrected chi connectivity index (χ2v) is 6.75. The molecule has 106 valence electrons. The highest BCUT2D eigenvalue weighted by Gasteiger charge is 2.36. The van der Waals surface area contributed by atoms with Crippen LogP contribution in [-0.2, 0) is 22.4 Å². The fourth-order valence-corrected chi connectivity index (χ4v) is 4.77. The molecule has 3 rings (SSSR count). The standard InChI is InChI=1S/C13H14N2O3S2/c1-18-12(17)10-7-4-2-3-5-8(7)20-11(10)15-9(16)6-19-13(15)14/h14H,2-6H2,1H3. The van der Waals surface area contributed by atoms with Gasteiger partial charge < -0.3 is 4.74 Å². The van der Waals surface area contributed by atoms with Gasteiger partial charge in [0, 0.05) is 4.88 Å². The molecule has 1 N–H and O–H groups in total. The number of ether oxygens (including phenoxy) is 1. The molecule has 1 aliphatic heterocycles. The molecule has 1 aromatic rings. The number of amides is 1. The predicted molar refractivity (Wildman–Crippen MR) is 80.0 cm³/mol. The molecule has 0 aromatic carbocycles. The van der Waals surface area contributed by atoms with Crippen molar-refractivity contribution >= 4 is 45.1 Å². The second-order valence-electron chi connectivity index (χ2n) is 4.71. The number of esters is 1. The summed E-state index contributed by atoms with van der Waals surface area (Å²) in [5.74, 6) is -0.275. The Morgan fingerprint density at radius 3 is 2.75 bits per heavy atom. The highest BCUT2D eigenvalue weighted by molar-refractivity contribution is 8.15. The lowest BCUT2D eigenvalue weighted by molar-refractivity contribution is -0.115. The van der Waals surface area contributed by atoms with Crippen molar-refractivity contribution in [2.24, 2.45) is 0 Å². The molecule has 0 spiro atoms. The summed E-state index contributed by atoms with van der Waals surface area (Å²) >= 11 is 2.66. The van der Waals surface area contributed by atoms with E-state index in [0.29, 0.717) is 10.6 Å². The predicted octanol–water partition coefficient (Wildman–Crippen LogP) is 2.43. The van der Waals surface area contributed by atoms with E-state index in [9.17, 15) is 9.59 Å². The van der Waals surface area contributed by atoms with E-state index in [1.807, 2.05) is 0 Å². The van der Waals surface area contributed by atoms with Crippen LogP contribution < -0.4 is 4.90 Å². The van der Waals surface area contributed by atoms with E-state index in [1.54, 1.807) is 0 Å². The number of thiophene rings is 1. The molecule has 0 bridgehead atoms. The number of fused-ring (bicyclic) bond motifs is 1. The van der Waals surface area contributed by atoms with Crippen LogP contribution in [-0.4, -0.2) is 29.9 Å². The third-order valence-electron chi connectivity index (χ3n) is 3.53. The largest absolute Gasteiger partial charge is 0.465 e. The van der Waals surface area contributed by atoms with Gasteiger partial charge in [0.05, 0.1) is 18.4 Å². The Morgan fingerprint density at radius 2 is 2.10 bits per heavy atom. The molecule has 5 nitrogen and oxygen atoms in total. The average molecular weight is 310 g/mol. The normalized spacial score (nSPS) is 18.4. The van der Waals surface area contributed by atoms with E-state index >= 15 is 0 Å². The van der Waals surface area contributed by atoms with E-state index in [0.717, 1.165) is 36.1 Å². The molecule has 7 heteroatoms. The van der Waals surface area contributed by atoms with Gasteiger partial charge in [-0.3, -0.25) is 10.2 Å². The first kappa shape index (κ1) is 13.6. The van der Waals surface area contributed by atoms with Crippen molar-refractivity contribution in [3.05, 3.63) is 16.0 Å². The molecule has 2 heterocycles. The Balaban J connectivity index is 2.14. The van der Waals surface area contributed by atoms with Gasteiger partial charge in [-0.15, -0.1) is 11.3 Å². The summed E-state index contributed by atoms with van der Waals surface area (Å²) in [5.41, 5.74) is 1.51. The van der Waals surface area contributed by atoms with Crippen LogP contribution in [0.2, 0.25) is 0 Å². The number of aryl methyl sites for hydroxylation is 1. The Bertz CT molecular complexity index is 593. The molecule has 1 aromatic heterocycles. The van der Waals surface area contributed by atoms with E-state index in [2.05, 4.69) is 0 Å². The summed E-state index contributed by atoms with van der Waals surface area (Å²) in [7, 11) is 1.35. The maximum Gasteiger partial charge on any atom is 0.341 e. The van der Waals surface area contributed by atoms with Gasteiger partial charge >= 0.3 is 5.97 Å². The lowest BCUT2D eigenvalue weighted by atomic mass is 9.95. The number of amidine groups is 1. The zero-order valence-electron chi connectivity index (χ0n) is 11.0. The number of nitrogens with one attached hydrogen (secondary N) is 1. The summed E-state index contributed by atoms with van der Waals surface area (Å²) in [4.78, 5) is 26.6. The van der Waals surface area contributed by atoms with Crippen molar-refractivity contribution in [3.63, 3.8) is 0 Å². The maximum atomic E-state index is 12.1. The molecule has 0 radical (unpaired) electrons. The number of carbonyl (C=O) groups is 2. The van der Waals surface area contributed by atoms with E-state index in [-0.39, 0.29) is 16.8 Å². The molecule has 1 saturated heterocycles. The van der Waals surface area contributed by atoms with Crippen LogP contribution in [0.1, 0.15) is 33.6 Å². The van der Waals surface area contributed by atoms with Gasteiger partial charge in [0.2, 0.25) is 5.91 Å². The SMILES string of the molecule is COC(=O)c1c(N2C(=N)SCC2=O)sc2c1CCCC2. The van der Waals surface area contributed by atoms with Crippen molar-refractivity contribution in [3.8, 4) is 0 Å². The first-order valence-corrected chi connectivity index (χ1v) is 8.21. The summed E-state index contributed by atoms with van der Waals surface area (Å²) in [6.45, 7) is 0. The van der Waals surface area contributed by atoms with Crippen LogP contribution in [0.5, 0.6) is 0 Å². The number of hydrogen-bond donors (Lipinski definition) is 1. The number of nitrogens with zero attached hydrogens (tertiary/aromatic N) is 1. The minimum atomic E-state index is -0.406. The lowest BCUT2D eigenvalue weighted by Crippen LogP contribution is -2.29. The van der Waals surface area contributed by atoms with Crippen molar-refractivity contribution < 1.29 is 14.3 Å². The third kappa shape index (κ3) is 2.05. The minimum absolute atomic E-state index is 0.135. The summed E-state index contributed by atoms with van der Waals surface area (Å²) in [6, 6.07) is 0. The lowest BCUT2D eigenvalue weighted by Gasteiger charge is -2.15. The number of thioether (sulfide) groups is 1. The number of rotatable bonds is 2. The molecule has 0 saturated carbocycles. The van der Waals surface area contributed by atoms with Crippen LogP contribution in [0.4, 0.5) is 5.00 Å². The van der Waals surface area contributed by atoms with E-state index in [1.165, 1.54) is 35.1 Å². The van der Waals surface area contributed by atoms with Gasteiger partial charge in [-0.1, -0.05) is 11.8 Å².